The van der Waals surface area contributed by atoms with E-state index in [4.69, 9.17) is 0 Å². The van der Waals surface area contributed by atoms with E-state index in [2.05, 4.69) is 25.7 Å². The van der Waals surface area contributed by atoms with Gasteiger partial charge in [-0.05, 0) is 43.5 Å². The molecule has 2 N–H and O–H groups in total. The fourth-order valence-corrected chi connectivity index (χ4v) is 3.87. The second-order valence-electron chi connectivity index (χ2n) is 7.22. The summed E-state index contributed by atoms with van der Waals surface area (Å²) in [5.41, 5.74) is -0.457. The summed E-state index contributed by atoms with van der Waals surface area (Å²) in [6.45, 7) is 4.18. The van der Waals surface area contributed by atoms with Crippen LogP contribution in [0.3, 0.4) is 0 Å². The summed E-state index contributed by atoms with van der Waals surface area (Å²) in [5.74, 6) is -1.38. The predicted molar refractivity (Wildman–Crippen MR) is 116 cm³/mol. The van der Waals surface area contributed by atoms with E-state index in [1.54, 1.807) is 6.07 Å². The van der Waals surface area contributed by atoms with Crippen LogP contribution in [0.2, 0.25) is 0 Å². The lowest BCUT2D eigenvalue weighted by atomic mass is 9.96. The minimum Gasteiger partial charge on any atom is -0.356 e. The van der Waals surface area contributed by atoms with E-state index in [9.17, 15) is 18.4 Å². The lowest BCUT2D eigenvalue weighted by molar-refractivity contribution is -0.125. The van der Waals surface area contributed by atoms with E-state index in [0.717, 1.165) is 62.1 Å². The Bertz CT molecular complexity index is 885. The summed E-state index contributed by atoms with van der Waals surface area (Å²) >= 11 is 1.12. The highest BCUT2D eigenvalue weighted by Gasteiger charge is 2.25. The fourth-order valence-electron chi connectivity index (χ4n) is 3.25. The third-order valence-corrected chi connectivity index (χ3v) is 5.86. The van der Waals surface area contributed by atoms with Crippen LogP contribution in [0.5, 0.6) is 0 Å². The molecule has 1 saturated heterocycles. The van der Waals surface area contributed by atoms with Gasteiger partial charge >= 0.3 is 0 Å². The van der Waals surface area contributed by atoms with Gasteiger partial charge in [-0.15, -0.1) is 10.2 Å². The van der Waals surface area contributed by atoms with Gasteiger partial charge in [-0.3, -0.25) is 9.59 Å². The molecule has 2 aromatic rings. The minimum atomic E-state index is -0.825. The molecule has 0 unspecified atom stereocenters. The normalized spacial score (nSPS) is 14.4. The number of rotatable bonds is 8. The van der Waals surface area contributed by atoms with Crippen LogP contribution in [-0.4, -0.2) is 47.4 Å². The largest absolute Gasteiger partial charge is 0.356 e. The van der Waals surface area contributed by atoms with Gasteiger partial charge in [0.25, 0.3) is 0 Å². The summed E-state index contributed by atoms with van der Waals surface area (Å²) < 4.78 is 27.2. The van der Waals surface area contributed by atoms with Gasteiger partial charge in [0.2, 0.25) is 11.8 Å². The number of nitrogens with zero attached hydrogens (tertiary/aromatic N) is 3. The average molecular weight is 450 g/mol. The topological polar surface area (TPSA) is 87.2 Å². The molecule has 1 aliphatic heterocycles. The smallest absolute Gasteiger partial charge is 0.234 e. The summed E-state index contributed by atoms with van der Waals surface area (Å²) in [4.78, 5) is 26.2. The predicted octanol–water partition coefficient (Wildman–Crippen LogP) is 3.23. The zero-order chi connectivity index (χ0) is 22.2. The quantitative estimate of drug-likeness (QED) is 0.602. The number of hydrogen-bond acceptors (Lipinski definition) is 6. The number of carbonyl (C=O) groups is 2. The Morgan fingerprint density at radius 3 is 2.45 bits per heavy atom. The molecule has 2 heterocycles. The molecule has 166 valence electrons. The van der Waals surface area contributed by atoms with Crippen LogP contribution in [0.15, 0.2) is 35.4 Å². The number of carbonyl (C=O) groups excluding carboxylic acids is 2. The molecule has 3 rings (SSSR count). The molecule has 0 aliphatic carbocycles. The third kappa shape index (κ3) is 6.36. The first-order valence-corrected chi connectivity index (χ1v) is 11.2. The number of para-hydroxylation sites is 1. The number of benzene rings is 1. The molecular weight excluding hydrogens is 424 g/mol. The zero-order valence-corrected chi connectivity index (χ0v) is 18.1. The van der Waals surface area contributed by atoms with E-state index < -0.39 is 23.2 Å². The molecule has 0 spiro atoms. The summed E-state index contributed by atoms with van der Waals surface area (Å²) in [6.07, 6.45) is 2.45. The van der Waals surface area contributed by atoms with Crippen molar-refractivity contribution in [2.24, 2.45) is 5.92 Å². The highest BCUT2D eigenvalue weighted by molar-refractivity contribution is 7.99. The summed E-state index contributed by atoms with van der Waals surface area (Å²) in [7, 11) is 0. The average Bonchev–Trinajstić information content (AvgIpc) is 2.79. The molecule has 0 radical (unpaired) electrons. The Kier molecular flexibility index (Phi) is 8.16. The number of piperidine rings is 1. The van der Waals surface area contributed by atoms with Crippen molar-refractivity contribution in [1.29, 1.82) is 0 Å². The van der Waals surface area contributed by atoms with Crippen molar-refractivity contribution in [3.05, 3.63) is 42.0 Å². The molecule has 1 aromatic heterocycles. The van der Waals surface area contributed by atoms with Crippen LogP contribution in [0.4, 0.5) is 20.3 Å². The number of halogens is 2. The van der Waals surface area contributed by atoms with E-state index in [-0.39, 0.29) is 17.6 Å². The van der Waals surface area contributed by atoms with Crippen molar-refractivity contribution in [3.8, 4) is 0 Å². The first-order valence-electron chi connectivity index (χ1n) is 10.2. The number of anilines is 2. The second-order valence-corrected chi connectivity index (χ2v) is 8.21. The summed E-state index contributed by atoms with van der Waals surface area (Å²) in [5, 5.41) is 14.1. The number of hydrogen-bond donors (Lipinski definition) is 2. The molecule has 0 saturated carbocycles. The summed E-state index contributed by atoms with van der Waals surface area (Å²) in [6, 6.07) is 6.97. The van der Waals surface area contributed by atoms with Crippen molar-refractivity contribution in [1.82, 2.24) is 15.5 Å². The standard InChI is InChI=1S/C21H25F2N5O2S/c1-2-10-24-21(30)14-8-11-28(12-9-14)17-6-7-19(27-26-17)31-13-18(29)25-20-15(22)4-3-5-16(20)23/h3-7,14H,2,8-13H2,1H3,(H,24,30)(H,25,29). The van der Waals surface area contributed by atoms with E-state index in [1.807, 2.05) is 13.0 Å². The van der Waals surface area contributed by atoms with Crippen molar-refractivity contribution in [2.75, 3.05) is 35.6 Å². The monoisotopic (exact) mass is 449 g/mol. The molecule has 2 amide bonds. The van der Waals surface area contributed by atoms with Gasteiger partial charge < -0.3 is 15.5 Å². The fraction of sp³-hybridized carbons (Fsp3) is 0.429. The highest BCUT2D eigenvalue weighted by Crippen LogP contribution is 2.24. The van der Waals surface area contributed by atoms with E-state index >= 15 is 0 Å². The minimum absolute atomic E-state index is 0.0309. The van der Waals surface area contributed by atoms with Gasteiger partial charge in [0.05, 0.1) is 5.75 Å². The second kappa shape index (κ2) is 11.0. The highest BCUT2D eigenvalue weighted by atomic mass is 32.2. The molecule has 0 atom stereocenters. The SMILES string of the molecule is CCCNC(=O)C1CCN(c2ccc(SCC(=O)Nc3c(F)cccc3F)nn2)CC1. The molecule has 1 aliphatic rings. The molecule has 0 bridgehead atoms. The Balaban J connectivity index is 1.46. The Morgan fingerprint density at radius 1 is 1.13 bits per heavy atom. The van der Waals surface area contributed by atoms with Gasteiger partial charge in [0.1, 0.15) is 22.3 Å². The number of nitrogens with one attached hydrogen (secondary N) is 2. The van der Waals surface area contributed by atoms with Crippen LogP contribution in [-0.2, 0) is 9.59 Å². The van der Waals surface area contributed by atoms with Gasteiger partial charge in [-0.1, -0.05) is 24.8 Å². The van der Waals surface area contributed by atoms with Crippen molar-refractivity contribution in [3.63, 3.8) is 0 Å². The number of aromatic nitrogens is 2. The molecule has 10 heteroatoms. The molecule has 31 heavy (non-hydrogen) atoms. The lowest BCUT2D eigenvalue weighted by Crippen LogP contribution is -2.41. The first-order chi connectivity index (χ1) is 15.0. The van der Waals surface area contributed by atoms with Gasteiger partial charge in [0, 0.05) is 25.6 Å². The van der Waals surface area contributed by atoms with Gasteiger partial charge in [-0.25, -0.2) is 8.78 Å². The van der Waals surface area contributed by atoms with Gasteiger partial charge in [0.15, 0.2) is 5.82 Å². The first kappa shape index (κ1) is 22.9. The maximum atomic E-state index is 13.6. The van der Waals surface area contributed by atoms with Crippen LogP contribution < -0.4 is 15.5 Å². The maximum absolute atomic E-state index is 13.6. The van der Waals surface area contributed by atoms with Crippen LogP contribution in [0.1, 0.15) is 26.2 Å². The van der Waals surface area contributed by atoms with Crippen molar-refractivity contribution < 1.29 is 18.4 Å². The molecule has 1 aromatic carbocycles. The van der Waals surface area contributed by atoms with Gasteiger partial charge in [-0.2, -0.15) is 0 Å². The lowest BCUT2D eigenvalue weighted by Gasteiger charge is -2.31. The molecule has 7 nitrogen and oxygen atoms in total. The van der Waals surface area contributed by atoms with Crippen LogP contribution >= 0.6 is 11.8 Å². The van der Waals surface area contributed by atoms with Crippen molar-refractivity contribution in [2.45, 2.75) is 31.2 Å². The third-order valence-electron chi connectivity index (χ3n) is 4.94. The molecular formula is C21H25F2N5O2S. The Hall–Kier alpha value is -2.75. The van der Waals surface area contributed by atoms with Crippen LogP contribution in [0.25, 0.3) is 0 Å². The Labute approximate surface area is 184 Å². The van der Waals surface area contributed by atoms with Crippen molar-refractivity contribution >= 4 is 35.1 Å². The zero-order valence-electron chi connectivity index (χ0n) is 17.2. The Morgan fingerprint density at radius 2 is 1.84 bits per heavy atom. The van der Waals surface area contributed by atoms with Crippen LogP contribution in [0, 0.1) is 17.6 Å². The van der Waals surface area contributed by atoms with E-state index in [1.165, 1.54) is 6.07 Å². The number of thioether (sulfide) groups is 1. The van der Waals surface area contributed by atoms with E-state index in [0.29, 0.717) is 11.6 Å². The maximum Gasteiger partial charge on any atom is 0.234 e. The number of amides is 2. The molecule has 1 fully saturated rings.